The van der Waals surface area contributed by atoms with Crippen LogP contribution >= 0.6 is 11.8 Å². The summed E-state index contributed by atoms with van der Waals surface area (Å²) in [6.07, 6.45) is 2.97. The molecule has 25 heavy (non-hydrogen) atoms. The number of methoxy groups -OCH3 is 2. The molecule has 0 saturated carbocycles. The van der Waals surface area contributed by atoms with Crippen molar-refractivity contribution in [3.8, 4) is 17.6 Å². The number of nitrogens with zero attached hydrogens (tertiary/aromatic N) is 3. The molecule has 0 bridgehead atoms. The van der Waals surface area contributed by atoms with Gasteiger partial charge in [-0.2, -0.15) is 5.26 Å². The number of aromatic nitrogens is 2. The number of hydrogen-bond donors (Lipinski definition) is 1. The number of thioether (sulfide) groups is 1. The Labute approximate surface area is 148 Å². The minimum Gasteiger partial charge on any atom is -0.497 e. The standard InChI is InChI=1S/C16H16N4O4S/c1-23-10-4-5-12(13(6-10)24-2)19-14(21)8-20-9-18-15(25-3)11(7-17)16(20)22/h4-6,9H,8H2,1-3H3,(H,19,21). The molecule has 2 rings (SSSR count). The van der Waals surface area contributed by atoms with Gasteiger partial charge < -0.3 is 14.8 Å². The Morgan fingerprint density at radius 2 is 2.16 bits per heavy atom. The van der Waals surface area contributed by atoms with Crippen LogP contribution in [-0.4, -0.2) is 35.9 Å². The van der Waals surface area contributed by atoms with Crippen molar-refractivity contribution in [1.82, 2.24) is 9.55 Å². The van der Waals surface area contributed by atoms with Crippen LogP contribution < -0.4 is 20.3 Å². The van der Waals surface area contributed by atoms with E-state index in [-0.39, 0.29) is 12.1 Å². The number of nitriles is 1. The minimum atomic E-state index is -0.557. The Kier molecular flexibility index (Phi) is 6.03. The number of rotatable bonds is 6. The first-order valence-corrected chi connectivity index (χ1v) is 8.32. The fourth-order valence-corrected chi connectivity index (χ4v) is 2.57. The molecular formula is C16H16N4O4S. The minimum absolute atomic E-state index is 0.0789. The molecular weight excluding hydrogens is 344 g/mol. The van der Waals surface area contributed by atoms with E-state index in [4.69, 9.17) is 14.7 Å². The number of ether oxygens (including phenoxy) is 2. The number of amides is 1. The smallest absolute Gasteiger partial charge is 0.272 e. The number of hydrogen-bond acceptors (Lipinski definition) is 7. The summed E-state index contributed by atoms with van der Waals surface area (Å²) in [5.41, 5.74) is -0.195. The van der Waals surface area contributed by atoms with Crippen molar-refractivity contribution in [3.05, 3.63) is 40.4 Å². The first-order valence-electron chi connectivity index (χ1n) is 7.09. The predicted octanol–water partition coefficient (Wildman–Crippen LogP) is 1.49. The summed E-state index contributed by atoms with van der Waals surface area (Å²) in [5.74, 6) is 0.559. The topological polar surface area (TPSA) is 106 Å². The van der Waals surface area contributed by atoms with E-state index >= 15 is 0 Å². The van der Waals surface area contributed by atoms with Gasteiger partial charge in [-0.1, -0.05) is 0 Å². The van der Waals surface area contributed by atoms with Crippen LogP contribution in [0.4, 0.5) is 5.69 Å². The summed E-state index contributed by atoms with van der Waals surface area (Å²) >= 11 is 1.20. The molecule has 0 radical (unpaired) electrons. The van der Waals surface area contributed by atoms with Crippen molar-refractivity contribution >= 4 is 23.4 Å². The zero-order chi connectivity index (χ0) is 18.4. The molecule has 1 amide bonds. The van der Waals surface area contributed by atoms with Crippen molar-refractivity contribution in [2.75, 3.05) is 25.8 Å². The molecule has 0 aliphatic carbocycles. The van der Waals surface area contributed by atoms with E-state index in [1.165, 1.54) is 32.3 Å². The molecule has 2 aromatic rings. The van der Waals surface area contributed by atoms with E-state index in [1.807, 2.05) is 6.07 Å². The SMILES string of the molecule is COc1ccc(NC(=O)Cn2cnc(SC)c(C#N)c2=O)c(OC)c1. The third kappa shape index (κ3) is 4.10. The number of carbonyl (C=O) groups is 1. The molecule has 9 heteroatoms. The largest absolute Gasteiger partial charge is 0.497 e. The molecule has 8 nitrogen and oxygen atoms in total. The molecule has 1 aromatic heterocycles. The second kappa shape index (κ2) is 8.21. The van der Waals surface area contributed by atoms with Gasteiger partial charge in [-0.3, -0.25) is 14.2 Å². The van der Waals surface area contributed by atoms with Crippen LogP contribution in [0, 0.1) is 11.3 Å². The second-order valence-electron chi connectivity index (χ2n) is 4.79. The van der Waals surface area contributed by atoms with Crippen molar-refractivity contribution in [2.24, 2.45) is 0 Å². The average molecular weight is 360 g/mol. The highest BCUT2D eigenvalue weighted by Crippen LogP contribution is 2.28. The monoisotopic (exact) mass is 360 g/mol. The van der Waals surface area contributed by atoms with E-state index in [1.54, 1.807) is 24.5 Å². The molecule has 0 aliphatic rings. The zero-order valence-electron chi connectivity index (χ0n) is 13.9. The number of anilines is 1. The maximum atomic E-state index is 12.2. The van der Waals surface area contributed by atoms with Gasteiger partial charge >= 0.3 is 0 Å². The molecule has 0 unspecified atom stereocenters. The van der Waals surface area contributed by atoms with E-state index in [0.29, 0.717) is 22.2 Å². The van der Waals surface area contributed by atoms with Gasteiger partial charge in [-0.15, -0.1) is 11.8 Å². The third-order valence-electron chi connectivity index (χ3n) is 3.30. The summed E-state index contributed by atoms with van der Waals surface area (Å²) in [6, 6.07) is 6.76. The first kappa shape index (κ1) is 18.4. The lowest BCUT2D eigenvalue weighted by Gasteiger charge is -2.12. The lowest BCUT2D eigenvalue weighted by molar-refractivity contribution is -0.116. The van der Waals surface area contributed by atoms with Gasteiger partial charge in [0.25, 0.3) is 5.56 Å². The molecule has 0 aliphatic heterocycles. The summed E-state index contributed by atoms with van der Waals surface area (Å²) in [5, 5.41) is 12.1. The van der Waals surface area contributed by atoms with Gasteiger partial charge in [0.2, 0.25) is 5.91 Å². The number of nitrogens with one attached hydrogen (secondary N) is 1. The van der Waals surface area contributed by atoms with Gasteiger partial charge in [0.05, 0.1) is 26.2 Å². The molecule has 130 valence electrons. The van der Waals surface area contributed by atoms with E-state index in [0.717, 1.165) is 4.57 Å². The second-order valence-corrected chi connectivity index (χ2v) is 5.58. The highest BCUT2D eigenvalue weighted by molar-refractivity contribution is 7.98. The average Bonchev–Trinajstić information content (AvgIpc) is 2.63. The fraction of sp³-hybridized carbons (Fsp3) is 0.250. The zero-order valence-corrected chi connectivity index (χ0v) is 14.7. The Morgan fingerprint density at radius 1 is 1.40 bits per heavy atom. The van der Waals surface area contributed by atoms with Crippen molar-refractivity contribution in [3.63, 3.8) is 0 Å². The highest BCUT2D eigenvalue weighted by atomic mass is 32.2. The Bertz CT molecular complexity index is 889. The van der Waals surface area contributed by atoms with E-state index in [2.05, 4.69) is 10.3 Å². The third-order valence-corrected chi connectivity index (χ3v) is 4.00. The molecule has 0 fully saturated rings. The van der Waals surface area contributed by atoms with Gasteiger partial charge in [0, 0.05) is 6.07 Å². The van der Waals surface area contributed by atoms with Crippen LogP contribution in [0.2, 0.25) is 0 Å². The van der Waals surface area contributed by atoms with E-state index in [9.17, 15) is 9.59 Å². The van der Waals surface area contributed by atoms with Crippen molar-refractivity contribution < 1.29 is 14.3 Å². The van der Waals surface area contributed by atoms with Crippen LogP contribution in [0.5, 0.6) is 11.5 Å². The number of carbonyl (C=O) groups excluding carboxylic acids is 1. The summed E-state index contributed by atoms with van der Waals surface area (Å²) in [7, 11) is 3.00. The molecule has 0 atom stereocenters. The normalized spacial score (nSPS) is 10.0. The van der Waals surface area contributed by atoms with Crippen LogP contribution in [0.15, 0.2) is 34.3 Å². The maximum absolute atomic E-state index is 12.2. The highest BCUT2D eigenvalue weighted by Gasteiger charge is 2.14. The van der Waals surface area contributed by atoms with Crippen LogP contribution in [0.1, 0.15) is 5.56 Å². The molecule has 1 heterocycles. The van der Waals surface area contributed by atoms with Crippen molar-refractivity contribution in [1.29, 1.82) is 5.26 Å². The molecule has 1 aromatic carbocycles. The molecule has 0 spiro atoms. The summed E-state index contributed by atoms with van der Waals surface area (Å²) in [4.78, 5) is 28.5. The van der Waals surface area contributed by atoms with Crippen LogP contribution in [-0.2, 0) is 11.3 Å². The quantitative estimate of drug-likeness (QED) is 0.614. The van der Waals surface area contributed by atoms with E-state index < -0.39 is 11.5 Å². The Hall–Kier alpha value is -2.99. The lowest BCUT2D eigenvalue weighted by atomic mass is 10.2. The number of benzene rings is 1. The fourth-order valence-electron chi connectivity index (χ4n) is 2.08. The van der Waals surface area contributed by atoms with Crippen LogP contribution in [0.3, 0.4) is 0 Å². The van der Waals surface area contributed by atoms with Gasteiger partial charge in [-0.25, -0.2) is 4.98 Å². The Balaban J connectivity index is 2.22. The van der Waals surface area contributed by atoms with Gasteiger partial charge in [0.1, 0.15) is 34.7 Å². The first-order chi connectivity index (χ1) is 12.0. The Morgan fingerprint density at radius 3 is 2.76 bits per heavy atom. The lowest BCUT2D eigenvalue weighted by Crippen LogP contribution is -2.29. The summed E-state index contributed by atoms with van der Waals surface area (Å²) < 4.78 is 11.4. The maximum Gasteiger partial charge on any atom is 0.272 e. The molecule has 1 N–H and O–H groups in total. The van der Waals surface area contributed by atoms with Gasteiger partial charge in [-0.05, 0) is 18.4 Å². The predicted molar refractivity (Wildman–Crippen MR) is 93.2 cm³/mol. The van der Waals surface area contributed by atoms with Crippen LogP contribution in [0.25, 0.3) is 0 Å². The molecule has 0 saturated heterocycles. The van der Waals surface area contributed by atoms with Gasteiger partial charge in [0.15, 0.2) is 0 Å². The summed E-state index contributed by atoms with van der Waals surface area (Å²) in [6.45, 7) is -0.273. The van der Waals surface area contributed by atoms with Crippen molar-refractivity contribution in [2.45, 2.75) is 11.6 Å².